The number of allylic oxidation sites excluding steroid dienone is 4. The van der Waals surface area contributed by atoms with Crippen LogP contribution in [-0.4, -0.2) is 0 Å². The van der Waals surface area contributed by atoms with Crippen LogP contribution in [-0.2, 0) is 0 Å². The first-order valence-electron chi connectivity index (χ1n) is 4.40. The molecule has 5 aliphatic rings. The highest BCUT2D eigenvalue weighted by Crippen LogP contribution is 2.33. The first-order valence-corrected chi connectivity index (χ1v) is 4.40. The van der Waals surface area contributed by atoms with Gasteiger partial charge in [-0.05, 0) is 11.1 Å². The minimum Gasteiger partial charge on any atom is -0.0763 e. The minimum absolute atomic E-state index is 0.524. The van der Waals surface area contributed by atoms with Crippen LogP contribution >= 0.6 is 0 Å². The zero-order valence-electron chi connectivity index (χ0n) is 6.77. The average Bonchev–Trinajstić information content (AvgIpc) is 2.13. The molecule has 0 heterocycles. The van der Waals surface area contributed by atoms with Crippen LogP contribution in [0.2, 0.25) is 0 Å². The van der Waals surface area contributed by atoms with E-state index in [1.165, 1.54) is 11.1 Å². The van der Waals surface area contributed by atoms with Crippen molar-refractivity contribution in [1.82, 2.24) is 0 Å². The Hall–Kier alpha value is -1.30. The normalized spacial score (nSPS) is 29.0. The van der Waals surface area contributed by atoms with E-state index < -0.39 is 0 Å². The highest BCUT2D eigenvalue weighted by molar-refractivity contribution is 5.43. The van der Waals surface area contributed by atoms with Crippen LogP contribution in [0.15, 0.2) is 48.6 Å². The molecule has 0 radical (unpaired) electrons. The van der Waals surface area contributed by atoms with Crippen molar-refractivity contribution in [2.75, 3.05) is 0 Å². The Kier molecular flexibility index (Phi) is 1.09. The van der Waals surface area contributed by atoms with E-state index in [1.54, 1.807) is 0 Å². The fourth-order valence-electron chi connectivity index (χ4n) is 1.99. The van der Waals surface area contributed by atoms with Gasteiger partial charge in [0, 0.05) is 11.8 Å². The van der Waals surface area contributed by atoms with Crippen molar-refractivity contribution < 1.29 is 0 Å². The van der Waals surface area contributed by atoms with Crippen LogP contribution in [0.1, 0.15) is 23.0 Å². The minimum atomic E-state index is 0.524. The van der Waals surface area contributed by atoms with Gasteiger partial charge in [0.2, 0.25) is 0 Å². The summed E-state index contributed by atoms with van der Waals surface area (Å²) in [6.45, 7) is 0. The molecule has 0 saturated carbocycles. The Bertz CT molecular complexity index is 305. The standard InChI is InChI=1S/C12H10/c1-2-10-4-3-9(1)11-5-7-12(10)8-6-11/h1-10H. The van der Waals surface area contributed by atoms with Gasteiger partial charge >= 0.3 is 0 Å². The van der Waals surface area contributed by atoms with Crippen molar-refractivity contribution in [3.63, 3.8) is 0 Å². The Morgan fingerprint density at radius 2 is 0.917 bits per heavy atom. The van der Waals surface area contributed by atoms with Gasteiger partial charge in [0.25, 0.3) is 0 Å². The molecule has 0 unspecified atom stereocenters. The van der Waals surface area contributed by atoms with Gasteiger partial charge in [-0.15, -0.1) is 0 Å². The molecule has 0 nitrogen and oxygen atoms in total. The molecular formula is C12H10. The molecule has 0 aliphatic heterocycles. The summed E-state index contributed by atoms with van der Waals surface area (Å²) >= 11 is 0. The summed E-state index contributed by atoms with van der Waals surface area (Å²) in [7, 11) is 0. The lowest BCUT2D eigenvalue weighted by molar-refractivity contribution is 0.938. The quantitative estimate of drug-likeness (QED) is 0.504. The summed E-state index contributed by atoms with van der Waals surface area (Å²) in [5.41, 5.74) is 2.81. The van der Waals surface area contributed by atoms with Gasteiger partial charge in [0.15, 0.2) is 0 Å². The van der Waals surface area contributed by atoms with E-state index in [1.807, 2.05) is 0 Å². The van der Waals surface area contributed by atoms with Gasteiger partial charge in [0.05, 0.1) is 0 Å². The van der Waals surface area contributed by atoms with E-state index in [4.69, 9.17) is 0 Å². The van der Waals surface area contributed by atoms with E-state index in [2.05, 4.69) is 48.6 Å². The third-order valence-corrected chi connectivity index (χ3v) is 2.76. The number of benzene rings is 1. The highest BCUT2D eigenvalue weighted by Gasteiger charge is 2.16. The molecule has 0 N–H and O–H groups in total. The lowest BCUT2D eigenvalue weighted by Crippen LogP contribution is -2.04. The summed E-state index contributed by atoms with van der Waals surface area (Å²) in [5.74, 6) is 1.05. The number of hydrogen-bond donors (Lipinski definition) is 0. The number of rotatable bonds is 0. The van der Waals surface area contributed by atoms with Crippen molar-refractivity contribution in [2.24, 2.45) is 0 Å². The van der Waals surface area contributed by atoms with E-state index in [0.717, 1.165) is 0 Å². The first kappa shape index (κ1) is 6.24. The second kappa shape index (κ2) is 2.10. The van der Waals surface area contributed by atoms with Crippen molar-refractivity contribution in [2.45, 2.75) is 11.8 Å². The third-order valence-electron chi connectivity index (χ3n) is 2.76. The van der Waals surface area contributed by atoms with Gasteiger partial charge in [-0.1, -0.05) is 48.6 Å². The van der Waals surface area contributed by atoms with Crippen LogP contribution in [0.4, 0.5) is 0 Å². The molecule has 5 aliphatic carbocycles. The fraction of sp³-hybridized carbons (Fsp3) is 0.167. The molecule has 1 aromatic rings. The molecular weight excluding hydrogens is 144 g/mol. The van der Waals surface area contributed by atoms with Gasteiger partial charge in [-0.2, -0.15) is 0 Å². The van der Waals surface area contributed by atoms with Crippen LogP contribution in [0.5, 0.6) is 0 Å². The van der Waals surface area contributed by atoms with E-state index in [0.29, 0.717) is 11.8 Å². The molecule has 0 atom stereocenters. The lowest BCUT2D eigenvalue weighted by Gasteiger charge is -2.22. The van der Waals surface area contributed by atoms with E-state index >= 15 is 0 Å². The van der Waals surface area contributed by atoms with Crippen LogP contribution in [0, 0.1) is 0 Å². The summed E-state index contributed by atoms with van der Waals surface area (Å²) < 4.78 is 0. The van der Waals surface area contributed by atoms with Crippen LogP contribution < -0.4 is 0 Å². The largest absolute Gasteiger partial charge is 0.0763 e. The summed E-state index contributed by atoms with van der Waals surface area (Å²) in [5, 5.41) is 0. The van der Waals surface area contributed by atoms with Crippen LogP contribution in [0.25, 0.3) is 0 Å². The molecule has 0 heteroatoms. The van der Waals surface area contributed by atoms with Crippen molar-refractivity contribution >= 4 is 0 Å². The highest BCUT2D eigenvalue weighted by atomic mass is 14.2. The maximum atomic E-state index is 2.30. The second-order valence-electron chi connectivity index (χ2n) is 3.49. The summed E-state index contributed by atoms with van der Waals surface area (Å²) in [6.07, 6.45) is 9.19. The molecule has 12 heavy (non-hydrogen) atoms. The SMILES string of the molecule is C1=CC2C=CC1c1ccc2cc1. The summed E-state index contributed by atoms with van der Waals surface area (Å²) in [4.78, 5) is 0. The van der Waals surface area contributed by atoms with Gasteiger partial charge in [0.1, 0.15) is 0 Å². The third kappa shape index (κ3) is 0.724. The Morgan fingerprint density at radius 1 is 0.583 bits per heavy atom. The second-order valence-corrected chi connectivity index (χ2v) is 3.49. The fourth-order valence-corrected chi connectivity index (χ4v) is 1.99. The summed E-state index contributed by atoms with van der Waals surface area (Å²) in [6, 6.07) is 8.94. The zero-order chi connectivity index (χ0) is 7.97. The molecule has 4 bridgehead atoms. The lowest BCUT2D eigenvalue weighted by atomic mass is 9.83. The van der Waals surface area contributed by atoms with E-state index in [-0.39, 0.29) is 0 Å². The molecule has 6 rings (SSSR count). The molecule has 0 fully saturated rings. The monoisotopic (exact) mass is 154 g/mol. The average molecular weight is 154 g/mol. The Balaban J connectivity index is 2.32. The topological polar surface area (TPSA) is 0 Å². The number of hydrogen-bond acceptors (Lipinski definition) is 0. The van der Waals surface area contributed by atoms with Gasteiger partial charge in [-0.25, -0.2) is 0 Å². The van der Waals surface area contributed by atoms with Gasteiger partial charge < -0.3 is 0 Å². The van der Waals surface area contributed by atoms with Crippen molar-refractivity contribution in [1.29, 1.82) is 0 Å². The van der Waals surface area contributed by atoms with Crippen molar-refractivity contribution in [3.8, 4) is 0 Å². The molecule has 0 amide bonds. The molecule has 1 aromatic carbocycles. The maximum Gasteiger partial charge on any atom is 0.0199 e. The van der Waals surface area contributed by atoms with Crippen molar-refractivity contribution in [3.05, 3.63) is 59.7 Å². The maximum absolute atomic E-state index is 2.30. The predicted octanol–water partition coefficient (Wildman–Crippen LogP) is 2.99. The van der Waals surface area contributed by atoms with Crippen LogP contribution in [0.3, 0.4) is 0 Å². The molecule has 58 valence electrons. The first-order chi connectivity index (χ1) is 5.93. The Morgan fingerprint density at radius 3 is 1.25 bits per heavy atom. The van der Waals surface area contributed by atoms with Gasteiger partial charge in [-0.3, -0.25) is 0 Å². The molecule has 0 aromatic heterocycles. The molecule has 0 saturated heterocycles. The zero-order valence-corrected chi connectivity index (χ0v) is 6.77. The van der Waals surface area contributed by atoms with E-state index in [9.17, 15) is 0 Å². The smallest absolute Gasteiger partial charge is 0.0199 e. The molecule has 0 spiro atoms. The predicted molar refractivity (Wildman–Crippen MR) is 50.2 cm³/mol. The Labute approximate surface area is 72.2 Å².